The van der Waals surface area contributed by atoms with Crippen LogP contribution in [0.25, 0.3) is 0 Å². The van der Waals surface area contributed by atoms with Crippen LogP contribution in [-0.2, 0) is 0 Å². The van der Waals surface area contributed by atoms with Crippen molar-refractivity contribution in [3.8, 4) is 0 Å². The molecule has 1 nitrogen and oxygen atoms in total. The van der Waals surface area contributed by atoms with Crippen molar-refractivity contribution in [2.45, 2.75) is 60.5 Å². The third-order valence-corrected chi connectivity index (χ3v) is 5.63. The summed E-state index contributed by atoms with van der Waals surface area (Å²) in [6.45, 7) is 14.9. The molecule has 0 saturated heterocycles. The predicted octanol–water partition coefficient (Wildman–Crippen LogP) is 4.85. The Morgan fingerprint density at radius 3 is 1.72 bits per heavy atom. The van der Waals surface area contributed by atoms with E-state index in [9.17, 15) is 4.79 Å². The number of rotatable bonds is 4. The highest BCUT2D eigenvalue weighted by Crippen LogP contribution is 2.33. The van der Waals surface area contributed by atoms with Gasteiger partial charge in [0.2, 0.25) is 0 Å². The second-order valence-electron chi connectivity index (χ2n) is 5.28. The molecule has 1 aromatic carbocycles. The van der Waals surface area contributed by atoms with E-state index < -0.39 is 0 Å². The zero-order chi connectivity index (χ0) is 14.0. The SMILES string of the molecule is CCC(C)PC(=O)c1c(C)c(C)c(C)c(C)c1C. The van der Waals surface area contributed by atoms with Gasteiger partial charge in [-0.1, -0.05) is 13.8 Å². The van der Waals surface area contributed by atoms with Gasteiger partial charge in [0.1, 0.15) is 0 Å². The summed E-state index contributed by atoms with van der Waals surface area (Å²) < 4.78 is 0. The van der Waals surface area contributed by atoms with Gasteiger partial charge in [0.25, 0.3) is 0 Å². The van der Waals surface area contributed by atoms with E-state index in [0.717, 1.165) is 12.0 Å². The van der Waals surface area contributed by atoms with E-state index in [1.54, 1.807) is 0 Å². The molecule has 0 N–H and O–H groups in total. The van der Waals surface area contributed by atoms with Crippen LogP contribution in [-0.4, -0.2) is 11.2 Å². The minimum atomic E-state index is 0.338. The highest BCUT2D eigenvalue weighted by Gasteiger charge is 2.19. The molecule has 0 radical (unpaired) electrons. The molecular formula is C16H25OP. The minimum Gasteiger partial charge on any atom is -0.289 e. The van der Waals surface area contributed by atoms with Gasteiger partial charge >= 0.3 is 0 Å². The fourth-order valence-electron chi connectivity index (χ4n) is 2.24. The number of carbonyl (C=O) groups is 1. The fourth-order valence-corrected chi connectivity index (χ4v) is 3.41. The molecule has 0 aliphatic rings. The molecule has 1 rings (SSSR count). The molecule has 2 atom stereocenters. The van der Waals surface area contributed by atoms with Crippen LogP contribution < -0.4 is 0 Å². The van der Waals surface area contributed by atoms with Gasteiger partial charge < -0.3 is 0 Å². The highest BCUT2D eigenvalue weighted by molar-refractivity contribution is 7.59. The van der Waals surface area contributed by atoms with E-state index in [1.165, 1.54) is 27.8 Å². The van der Waals surface area contributed by atoms with Gasteiger partial charge in [-0.05, 0) is 83.1 Å². The molecule has 0 aliphatic heterocycles. The highest BCUT2D eigenvalue weighted by atomic mass is 31.1. The van der Waals surface area contributed by atoms with Crippen molar-refractivity contribution < 1.29 is 4.79 Å². The maximum absolute atomic E-state index is 12.5. The second kappa shape index (κ2) is 5.97. The largest absolute Gasteiger partial charge is 0.289 e. The summed E-state index contributed by atoms with van der Waals surface area (Å²) in [6, 6.07) is 0. The maximum atomic E-state index is 12.5. The first-order valence-electron chi connectivity index (χ1n) is 6.69. The summed E-state index contributed by atoms with van der Waals surface area (Å²) in [5.74, 6) is 0. The standard InChI is InChI=1S/C16H25OP/c1-8-9(2)18-16(17)15-13(6)11(4)10(3)12(5)14(15)7/h9,18H,8H2,1-7H3. The number of benzene rings is 1. The molecule has 2 heteroatoms. The number of hydrogen-bond acceptors (Lipinski definition) is 1. The zero-order valence-corrected chi connectivity index (χ0v) is 13.7. The molecule has 100 valence electrons. The van der Waals surface area contributed by atoms with Crippen molar-refractivity contribution in [3.05, 3.63) is 33.4 Å². The van der Waals surface area contributed by atoms with E-state index in [4.69, 9.17) is 0 Å². The first-order valence-corrected chi connectivity index (χ1v) is 7.76. The number of hydrogen-bond donors (Lipinski definition) is 0. The summed E-state index contributed by atoms with van der Waals surface area (Å²) >= 11 is 0. The molecule has 0 spiro atoms. The van der Waals surface area contributed by atoms with Crippen LogP contribution in [0.3, 0.4) is 0 Å². The van der Waals surface area contributed by atoms with Gasteiger partial charge in [-0.15, -0.1) is 0 Å². The van der Waals surface area contributed by atoms with Gasteiger partial charge in [0.15, 0.2) is 5.52 Å². The van der Waals surface area contributed by atoms with E-state index in [2.05, 4.69) is 48.5 Å². The molecule has 2 unspecified atom stereocenters. The van der Waals surface area contributed by atoms with Crippen molar-refractivity contribution in [2.24, 2.45) is 0 Å². The van der Waals surface area contributed by atoms with Crippen LogP contribution in [0.4, 0.5) is 0 Å². The van der Waals surface area contributed by atoms with Crippen molar-refractivity contribution in [3.63, 3.8) is 0 Å². The Kier molecular flexibility index (Phi) is 5.10. The summed E-state index contributed by atoms with van der Waals surface area (Å²) in [5.41, 5.74) is 8.05. The van der Waals surface area contributed by atoms with Crippen molar-refractivity contribution in [1.29, 1.82) is 0 Å². The van der Waals surface area contributed by atoms with Gasteiger partial charge in [-0.25, -0.2) is 0 Å². The lowest BCUT2D eigenvalue weighted by Crippen LogP contribution is -2.08. The van der Waals surface area contributed by atoms with Gasteiger partial charge in [-0.2, -0.15) is 0 Å². The summed E-state index contributed by atoms with van der Waals surface area (Å²) in [5, 5.41) is 0. The third kappa shape index (κ3) is 2.83. The van der Waals surface area contributed by atoms with E-state index in [-0.39, 0.29) is 0 Å². The van der Waals surface area contributed by atoms with Crippen molar-refractivity contribution >= 4 is 14.1 Å². The summed E-state index contributed by atoms with van der Waals surface area (Å²) in [7, 11) is 0.401. The zero-order valence-electron chi connectivity index (χ0n) is 12.7. The third-order valence-electron chi connectivity index (χ3n) is 4.22. The minimum absolute atomic E-state index is 0.338. The Balaban J connectivity index is 3.29. The van der Waals surface area contributed by atoms with E-state index >= 15 is 0 Å². The molecule has 0 amide bonds. The van der Waals surface area contributed by atoms with E-state index in [1.807, 2.05) is 0 Å². The average molecular weight is 264 g/mol. The molecular weight excluding hydrogens is 239 g/mol. The Morgan fingerprint density at radius 1 is 0.944 bits per heavy atom. The Hall–Kier alpha value is -0.680. The van der Waals surface area contributed by atoms with Crippen LogP contribution in [0, 0.1) is 34.6 Å². The Labute approximate surface area is 113 Å². The fraction of sp³-hybridized carbons (Fsp3) is 0.562. The van der Waals surface area contributed by atoms with E-state index in [0.29, 0.717) is 19.8 Å². The molecule has 0 heterocycles. The maximum Gasteiger partial charge on any atom is 0.181 e. The smallest absolute Gasteiger partial charge is 0.181 e. The molecule has 1 aromatic rings. The lowest BCUT2D eigenvalue weighted by molar-refractivity contribution is 0.108. The average Bonchev–Trinajstić information content (AvgIpc) is 2.34. The summed E-state index contributed by atoms with van der Waals surface area (Å²) in [6.07, 6.45) is 1.08. The second-order valence-corrected chi connectivity index (χ2v) is 7.01. The van der Waals surface area contributed by atoms with Crippen molar-refractivity contribution in [2.75, 3.05) is 0 Å². The van der Waals surface area contributed by atoms with Crippen LogP contribution in [0.2, 0.25) is 0 Å². The lowest BCUT2D eigenvalue weighted by Gasteiger charge is -2.18. The van der Waals surface area contributed by atoms with Gasteiger partial charge in [0, 0.05) is 5.56 Å². The molecule has 0 bridgehead atoms. The Morgan fingerprint density at radius 2 is 1.33 bits per heavy atom. The molecule has 18 heavy (non-hydrogen) atoms. The monoisotopic (exact) mass is 264 g/mol. The molecule has 0 aliphatic carbocycles. The number of carbonyl (C=O) groups excluding carboxylic acids is 1. The normalized spacial score (nSPS) is 13.3. The summed E-state index contributed by atoms with van der Waals surface area (Å²) in [4.78, 5) is 12.5. The lowest BCUT2D eigenvalue weighted by atomic mass is 9.90. The topological polar surface area (TPSA) is 17.1 Å². The molecule has 0 saturated carbocycles. The van der Waals surface area contributed by atoms with Crippen molar-refractivity contribution in [1.82, 2.24) is 0 Å². The van der Waals surface area contributed by atoms with Crippen LogP contribution >= 0.6 is 8.58 Å². The van der Waals surface area contributed by atoms with Crippen LogP contribution in [0.1, 0.15) is 58.4 Å². The molecule has 0 fully saturated rings. The first-order chi connectivity index (χ1) is 8.31. The quantitative estimate of drug-likeness (QED) is 0.711. The van der Waals surface area contributed by atoms with Crippen LogP contribution in [0.15, 0.2) is 0 Å². The van der Waals surface area contributed by atoms with Crippen LogP contribution in [0.5, 0.6) is 0 Å². The predicted molar refractivity (Wildman–Crippen MR) is 82.5 cm³/mol. The Bertz CT molecular complexity index is 445. The van der Waals surface area contributed by atoms with Gasteiger partial charge in [-0.3, -0.25) is 4.79 Å². The first kappa shape index (κ1) is 15.4. The van der Waals surface area contributed by atoms with Gasteiger partial charge in [0.05, 0.1) is 0 Å². The molecule has 0 aromatic heterocycles.